The van der Waals surface area contributed by atoms with Gasteiger partial charge in [0.15, 0.2) is 0 Å². The maximum atomic E-state index is 12.2. The lowest BCUT2D eigenvalue weighted by Crippen LogP contribution is -2.48. The van der Waals surface area contributed by atoms with Gasteiger partial charge in [0.05, 0.1) is 6.61 Å². The lowest BCUT2D eigenvalue weighted by molar-refractivity contribution is -0.156. The quantitative estimate of drug-likeness (QED) is 0.738. The van der Waals surface area contributed by atoms with Crippen LogP contribution < -0.4 is 5.73 Å². The van der Waals surface area contributed by atoms with Crippen molar-refractivity contribution in [1.82, 2.24) is 4.90 Å². The molecule has 1 fully saturated rings. The molecule has 0 saturated carbocycles. The van der Waals surface area contributed by atoms with Gasteiger partial charge in [-0.05, 0) is 45.1 Å². The zero-order chi connectivity index (χ0) is 14.3. The lowest BCUT2D eigenvalue weighted by Gasteiger charge is -2.34. The fourth-order valence-electron chi connectivity index (χ4n) is 2.34. The number of amides is 1. The second-order valence-electron chi connectivity index (χ2n) is 5.23. The van der Waals surface area contributed by atoms with E-state index in [1.165, 1.54) is 0 Å². The van der Waals surface area contributed by atoms with Gasteiger partial charge in [-0.2, -0.15) is 0 Å². The Balaban J connectivity index is 2.55. The van der Waals surface area contributed by atoms with E-state index >= 15 is 0 Å². The normalized spacial score (nSPS) is 21.0. The maximum absolute atomic E-state index is 12.2. The van der Waals surface area contributed by atoms with Crippen molar-refractivity contribution < 1.29 is 14.3 Å². The lowest BCUT2D eigenvalue weighted by atomic mass is 10.00. The summed E-state index contributed by atoms with van der Waals surface area (Å²) in [6, 6.07) is -0.380. The van der Waals surface area contributed by atoms with Crippen LogP contribution in [-0.4, -0.2) is 42.5 Å². The molecule has 1 amide bonds. The first-order chi connectivity index (χ1) is 9.10. The first-order valence-electron chi connectivity index (χ1n) is 7.26. The number of hydrogen-bond acceptors (Lipinski definition) is 4. The second kappa shape index (κ2) is 8.15. The first kappa shape index (κ1) is 16.0. The molecule has 2 N–H and O–H groups in total. The average molecular weight is 270 g/mol. The van der Waals surface area contributed by atoms with Crippen LogP contribution in [0.15, 0.2) is 0 Å². The van der Waals surface area contributed by atoms with Gasteiger partial charge in [-0.25, -0.2) is 4.79 Å². The van der Waals surface area contributed by atoms with Crippen molar-refractivity contribution in [3.63, 3.8) is 0 Å². The van der Waals surface area contributed by atoms with Crippen LogP contribution in [0.2, 0.25) is 0 Å². The third-order valence-electron chi connectivity index (χ3n) is 3.64. The number of carbonyl (C=O) groups excluding carboxylic acids is 2. The third kappa shape index (κ3) is 4.82. The first-order valence-corrected chi connectivity index (χ1v) is 7.26. The van der Waals surface area contributed by atoms with E-state index in [1.54, 1.807) is 11.8 Å². The van der Waals surface area contributed by atoms with Gasteiger partial charge in [0.1, 0.15) is 6.04 Å². The van der Waals surface area contributed by atoms with E-state index in [9.17, 15) is 9.59 Å². The van der Waals surface area contributed by atoms with Gasteiger partial charge < -0.3 is 15.4 Å². The second-order valence-corrected chi connectivity index (χ2v) is 5.23. The van der Waals surface area contributed by atoms with E-state index in [1.807, 2.05) is 6.92 Å². The summed E-state index contributed by atoms with van der Waals surface area (Å²) in [5.74, 6) is 0.135. The predicted molar refractivity (Wildman–Crippen MR) is 73.4 cm³/mol. The average Bonchev–Trinajstić information content (AvgIpc) is 2.44. The Morgan fingerprint density at radius 2 is 2.16 bits per heavy atom. The highest BCUT2D eigenvalue weighted by Crippen LogP contribution is 2.20. The van der Waals surface area contributed by atoms with Crippen LogP contribution in [0.5, 0.6) is 0 Å². The van der Waals surface area contributed by atoms with Crippen molar-refractivity contribution in [3.8, 4) is 0 Å². The smallest absolute Gasteiger partial charge is 0.328 e. The van der Waals surface area contributed by atoms with Crippen molar-refractivity contribution in [2.75, 3.05) is 19.7 Å². The number of hydrogen-bond donors (Lipinski definition) is 1. The van der Waals surface area contributed by atoms with Gasteiger partial charge >= 0.3 is 5.97 Å². The third-order valence-corrected chi connectivity index (χ3v) is 3.64. The molecular formula is C14H26N2O3. The number of nitrogens with two attached hydrogens (primary N) is 1. The Morgan fingerprint density at radius 1 is 1.42 bits per heavy atom. The maximum Gasteiger partial charge on any atom is 0.328 e. The van der Waals surface area contributed by atoms with E-state index in [2.05, 4.69) is 0 Å². The van der Waals surface area contributed by atoms with Gasteiger partial charge in [-0.15, -0.1) is 0 Å². The molecule has 2 unspecified atom stereocenters. The van der Waals surface area contributed by atoms with Crippen LogP contribution in [0.3, 0.4) is 0 Å². The van der Waals surface area contributed by atoms with Crippen molar-refractivity contribution in [3.05, 3.63) is 0 Å². The number of carbonyl (C=O) groups is 2. The van der Waals surface area contributed by atoms with Crippen molar-refractivity contribution >= 4 is 11.9 Å². The fraction of sp³-hybridized carbons (Fsp3) is 0.857. The monoisotopic (exact) mass is 270 g/mol. The highest BCUT2D eigenvalue weighted by Gasteiger charge is 2.32. The molecule has 0 spiro atoms. The van der Waals surface area contributed by atoms with E-state index in [0.29, 0.717) is 32.0 Å². The van der Waals surface area contributed by atoms with Crippen LogP contribution in [0.25, 0.3) is 0 Å². The summed E-state index contributed by atoms with van der Waals surface area (Å²) in [6.45, 7) is 5.44. The molecule has 0 aromatic carbocycles. The van der Waals surface area contributed by atoms with E-state index in [4.69, 9.17) is 10.5 Å². The SMILES string of the molecule is CCOC(=O)C1CCCCN1C(=O)CCC(C)CN. The standard InChI is InChI=1S/C14H26N2O3/c1-3-19-14(18)12-6-4-5-9-16(12)13(17)8-7-11(2)10-15/h11-12H,3-10,15H2,1-2H3. The van der Waals surface area contributed by atoms with Crippen molar-refractivity contribution in [2.45, 2.75) is 52.0 Å². The molecule has 1 aliphatic rings. The van der Waals surface area contributed by atoms with Crippen molar-refractivity contribution in [2.24, 2.45) is 11.7 Å². The molecule has 0 aromatic heterocycles. The number of nitrogens with zero attached hydrogens (tertiary/aromatic N) is 1. The molecule has 5 heteroatoms. The molecule has 0 radical (unpaired) electrons. The Bertz CT molecular complexity index is 307. The summed E-state index contributed by atoms with van der Waals surface area (Å²) in [5, 5.41) is 0. The Kier molecular flexibility index (Phi) is 6.84. The molecule has 1 saturated heterocycles. The Morgan fingerprint density at radius 3 is 2.79 bits per heavy atom. The van der Waals surface area contributed by atoms with Crippen LogP contribution in [0.1, 0.15) is 46.0 Å². The molecule has 5 nitrogen and oxygen atoms in total. The molecule has 1 rings (SSSR count). The van der Waals surface area contributed by atoms with Gasteiger partial charge in [-0.1, -0.05) is 6.92 Å². The fourth-order valence-corrected chi connectivity index (χ4v) is 2.34. The molecular weight excluding hydrogens is 244 g/mol. The number of rotatable bonds is 6. The molecule has 1 aliphatic heterocycles. The van der Waals surface area contributed by atoms with Gasteiger partial charge in [0.2, 0.25) is 5.91 Å². The van der Waals surface area contributed by atoms with Crippen LogP contribution in [0, 0.1) is 5.92 Å². The van der Waals surface area contributed by atoms with E-state index < -0.39 is 0 Å². The minimum Gasteiger partial charge on any atom is -0.464 e. The van der Waals surface area contributed by atoms with Crippen LogP contribution in [0.4, 0.5) is 0 Å². The van der Waals surface area contributed by atoms with Gasteiger partial charge in [0, 0.05) is 13.0 Å². The molecule has 19 heavy (non-hydrogen) atoms. The summed E-state index contributed by atoms with van der Waals surface area (Å²) in [7, 11) is 0. The minimum atomic E-state index is -0.380. The molecule has 2 atom stereocenters. The minimum absolute atomic E-state index is 0.0538. The number of esters is 1. The van der Waals surface area contributed by atoms with Crippen LogP contribution in [-0.2, 0) is 14.3 Å². The van der Waals surface area contributed by atoms with E-state index in [0.717, 1.165) is 25.7 Å². The van der Waals surface area contributed by atoms with Crippen molar-refractivity contribution in [1.29, 1.82) is 0 Å². The molecule has 110 valence electrons. The van der Waals surface area contributed by atoms with Gasteiger partial charge in [-0.3, -0.25) is 4.79 Å². The highest BCUT2D eigenvalue weighted by atomic mass is 16.5. The van der Waals surface area contributed by atoms with Gasteiger partial charge in [0.25, 0.3) is 0 Å². The Labute approximate surface area is 115 Å². The summed E-state index contributed by atoms with van der Waals surface area (Å²) in [5.41, 5.74) is 5.55. The highest BCUT2D eigenvalue weighted by molar-refractivity contribution is 5.84. The Hall–Kier alpha value is -1.10. The topological polar surface area (TPSA) is 72.6 Å². The van der Waals surface area contributed by atoms with Crippen LogP contribution >= 0.6 is 0 Å². The summed E-state index contributed by atoms with van der Waals surface area (Å²) in [6.07, 6.45) is 3.91. The van der Waals surface area contributed by atoms with E-state index in [-0.39, 0.29) is 17.9 Å². The molecule has 1 heterocycles. The number of ether oxygens (including phenoxy) is 1. The molecule has 0 aliphatic carbocycles. The summed E-state index contributed by atoms with van der Waals surface area (Å²) in [4.78, 5) is 25.8. The number of piperidine rings is 1. The molecule has 0 aromatic rings. The molecule has 0 bridgehead atoms. The summed E-state index contributed by atoms with van der Waals surface area (Å²) >= 11 is 0. The number of likely N-dealkylation sites (tertiary alicyclic amines) is 1. The predicted octanol–water partition coefficient (Wildman–Crippen LogP) is 1.31. The zero-order valence-corrected chi connectivity index (χ0v) is 12.1. The largest absolute Gasteiger partial charge is 0.464 e. The summed E-state index contributed by atoms with van der Waals surface area (Å²) < 4.78 is 5.06. The zero-order valence-electron chi connectivity index (χ0n) is 12.1.